The van der Waals surface area contributed by atoms with E-state index in [0.717, 1.165) is 42.5 Å². The van der Waals surface area contributed by atoms with Gasteiger partial charge in [0.15, 0.2) is 0 Å². The number of hydrogen-bond donors (Lipinski definition) is 1. The molecule has 0 aliphatic carbocycles. The molecule has 0 bridgehead atoms. The summed E-state index contributed by atoms with van der Waals surface area (Å²) < 4.78 is 93.0. The van der Waals surface area contributed by atoms with Crippen molar-refractivity contribution in [3.8, 4) is 0 Å². The van der Waals surface area contributed by atoms with E-state index < -0.39 is 42.5 Å². The van der Waals surface area contributed by atoms with Crippen LogP contribution in [0.3, 0.4) is 0 Å². The first-order valence-corrected chi connectivity index (χ1v) is 10.1. The number of allylic oxidation sites excluding steroid dienone is 1. The number of halogens is 9. The van der Waals surface area contributed by atoms with Gasteiger partial charge in [-0.3, -0.25) is 4.79 Å². The molecule has 13 heteroatoms. The third-order valence-corrected chi connectivity index (χ3v) is 5.07. The molecule has 1 atom stereocenters. The molecule has 4 nitrogen and oxygen atoms in total. The van der Waals surface area contributed by atoms with Crippen LogP contribution in [0.5, 0.6) is 0 Å². The highest BCUT2D eigenvalue weighted by Gasteiger charge is 2.62. The molecule has 0 radical (unpaired) electrons. The Labute approximate surface area is 198 Å². The molecule has 1 aliphatic rings. The topological polar surface area (TPSA) is 50.7 Å². The van der Waals surface area contributed by atoms with Crippen LogP contribution in [0.1, 0.15) is 24.0 Å². The van der Waals surface area contributed by atoms with Gasteiger partial charge in [0.05, 0.1) is 5.71 Å². The van der Waals surface area contributed by atoms with Crippen molar-refractivity contribution in [3.63, 3.8) is 0 Å². The van der Waals surface area contributed by atoms with Crippen molar-refractivity contribution in [2.24, 2.45) is 5.16 Å². The molecule has 1 amide bonds. The van der Waals surface area contributed by atoms with E-state index in [4.69, 9.17) is 28.0 Å². The van der Waals surface area contributed by atoms with Crippen LogP contribution in [0.2, 0.25) is 10.0 Å². The molecule has 0 aromatic heterocycles. The summed E-state index contributed by atoms with van der Waals surface area (Å²) in [6.45, 7) is 0. The second kappa shape index (κ2) is 9.46. The van der Waals surface area contributed by atoms with Crippen LogP contribution in [0, 0.1) is 5.82 Å². The summed E-state index contributed by atoms with van der Waals surface area (Å²) in [5.74, 6) is -2.20. The van der Waals surface area contributed by atoms with Crippen LogP contribution in [0.4, 0.5) is 36.4 Å². The van der Waals surface area contributed by atoms with E-state index in [-0.39, 0.29) is 32.6 Å². The fourth-order valence-electron chi connectivity index (χ4n) is 3.13. The SMILES string of the molecule is O=C(CC(F)(F)F)Nc1ccc(F)c(/C=C/C2=NOC(c3cc(Cl)cc(Cl)c3)(C(F)(F)F)C2)c1. The fourth-order valence-corrected chi connectivity index (χ4v) is 3.65. The maximum Gasteiger partial charge on any atom is 0.435 e. The normalized spacial score (nSPS) is 18.7. The van der Waals surface area contributed by atoms with Crippen LogP contribution < -0.4 is 5.32 Å². The Bertz CT molecular complexity index is 1140. The highest BCUT2D eigenvalue weighted by molar-refractivity contribution is 6.34. The number of hydrogen-bond acceptors (Lipinski definition) is 3. The lowest BCUT2D eigenvalue weighted by Gasteiger charge is -2.29. The molecule has 3 rings (SSSR count). The van der Waals surface area contributed by atoms with Crippen LogP contribution >= 0.6 is 23.2 Å². The number of carbonyl (C=O) groups is 1. The Balaban J connectivity index is 1.82. The summed E-state index contributed by atoms with van der Waals surface area (Å²) in [6.07, 6.45) is -10.1. The zero-order valence-corrected chi connectivity index (χ0v) is 18.2. The molecule has 2 aromatic carbocycles. The summed E-state index contributed by atoms with van der Waals surface area (Å²) in [7, 11) is 0. The average molecular weight is 529 g/mol. The minimum absolute atomic E-state index is 0.0508. The number of rotatable bonds is 5. The largest absolute Gasteiger partial charge is 0.435 e. The number of anilines is 1. The molecule has 0 fully saturated rings. The Morgan fingerprint density at radius 1 is 1.06 bits per heavy atom. The number of oxime groups is 1. The van der Waals surface area contributed by atoms with Crippen LogP contribution in [0.25, 0.3) is 6.08 Å². The minimum atomic E-state index is -4.92. The highest BCUT2D eigenvalue weighted by atomic mass is 35.5. The maximum atomic E-state index is 14.1. The number of nitrogens with zero attached hydrogens (tertiary/aromatic N) is 1. The molecule has 1 N–H and O–H groups in total. The Morgan fingerprint density at radius 2 is 1.71 bits per heavy atom. The van der Waals surface area contributed by atoms with Gasteiger partial charge in [-0.1, -0.05) is 34.4 Å². The van der Waals surface area contributed by atoms with E-state index >= 15 is 0 Å². The van der Waals surface area contributed by atoms with Crippen molar-refractivity contribution < 1.29 is 40.4 Å². The van der Waals surface area contributed by atoms with Gasteiger partial charge in [0.25, 0.3) is 5.60 Å². The van der Waals surface area contributed by atoms with Gasteiger partial charge in [-0.05, 0) is 42.5 Å². The molecule has 0 saturated heterocycles. The monoisotopic (exact) mass is 528 g/mol. The first-order chi connectivity index (χ1) is 15.7. The third-order valence-electron chi connectivity index (χ3n) is 4.63. The summed E-state index contributed by atoms with van der Waals surface area (Å²) >= 11 is 11.7. The van der Waals surface area contributed by atoms with Crippen molar-refractivity contribution >= 4 is 46.6 Å². The molecular weight excluding hydrogens is 516 g/mol. The number of carbonyl (C=O) groups excluding carboxylic acids is 1. The lowest BCUT2D eigenvalue weighted by atomic mass is 9.88. The standard InChI is InChI=1S/C21H13Cl2F7N2O2/c22-13-6-12(7-14(23)8-13)19(21(28,29)30)9-16(32-34-19)2-1-11-5-15(3-4-17(11)24)31-18(33)10-20(25,26)27/h1-8H,9-10H2,(H,31,33)/b2-1+. The molecule has 34 heavy (non-hydrogen) atoms. The maximum absolute atomic E-state index is 14.1. The van der Waals surface area contributed by atoms with Gasteiger partial charge in [0, 0.05) is 33.3 Å². The predicted molar refractivity (Wildman–Crippen MR) is 112 cm³/mol. The van der Waals surface area contributed by atoms with Crippen LogP contribution in [-0.2, 0) is 15.2 Å². The molecule has 182 valence electrons. The Morgan fingerprint density at radius 3 is 2.29 bits per heavy atom. The molecule has 0 saturated carbocycles. The van der Waals surface area contributed by atoms with Crippen molar-refractivity contribution in [2.45, 2.75) is 30.8 Å². The van der Waals surface area contributed by atoms with Gasteiger partial charge in [-0.15, -0.1) is 0 Å². The summed E-state index contributed by atoms with van der Waals surface area (Å²) in [5, 5.41) is 5.32. The van der Waals surface area contributed by atoms with Crippen molar-refractivity contribution in [2.75, 3.05) is 5.32 Å². The molecule has 2 aromatic rings. The van der Waals surface area contributed by atoms with Gasteiger partial charge in [-0.2, -0.15) is 26.3 Å². The smallest absolute Gasteiger partial charge is 0.374 e. The number of nitrogens with one attached hydrogen (secondary N) is 1. The number of benzene rings is 2. The molecule has 1 unspecified atom stereocenters. The molecular formula is C21H13Cl2F7N2O2. The minimum Gasteiger partial charge on any atom is -0.374 e. The zero-order valence-electron chi connectivity index (χ0n) is 16.7. The van der Waals surface area contributed by atoms with E-state index in [1.165, 1.54) is 6.07 Å². The van der Waals surface area contributed by atoms with Crippen molar-refractivity contribution in [1.29, 1.82) is 0 Å². The van der Waals surface area contributed by atoms with Crippen molar-refractivity contribution in [3.05, 3.63) is 69.5 Å². The summed E-state index contributed by atoms with van der Waals surface area (Å²) in [6, 6.07) is 6.26. The van der Waals surface area contributed by atoms with E-state index in [9.17, 15) is 35.5 Å². The Hall–Kier alpha value is -2.79. The van der Waals surface area contributed by atoms with E-state index in [1.807, 2.05) is 5.32 Å². The molecule has 1 heterocycles. The van der Waals surface area contributed by atoms with Crippen molar-refractivity contribution in [1.82, 2.24) is 0 Å². The predicted octanol–water partition coefficient (Wildman–Crippen LogP) is 7.27. The highest BCUT2D eigenvalue weighted by Crippen LogP contribution is 2.49. The van der Waals surface area contributed by atoms with Crippen LogP contribution in [0.15, 0.2) is 47.6 Å². The first-order valence-electron chi connectivity index (χ1n) is 9.31. The average Bonchev–Trinajstić information content (AvgIpc) is 3.12. The van der Waals surface area contributed by atoms with Gasteiger partial charge in [0.1, 0.15) is 12.2 Å². The zero-order chi connectivity index (χ0) is 25.3. The lowest BCUT2D eigenvalue weighted by Crippen LogP contribution is -2.42. The number of amides is 1. The lowest BCUT2D eigenvalue weighted by molar-refractivity contribution is -0.275. The quantitative estimate of drug-likeness (QED) is 0.415. The Kier molecular flexibility index (Phi) is 7.18. The van der Waals surface area contributed by atoms with E-state index in [2.05, 4.69) is 5.16 Å². The second-order valence-corrected chi connectivity index (χ2v) is 8.12. The molecule has 1 aliphatic heterocycles. The third kappa shape index (κ3) is 6.01. The molecule has 0 spiro atoms. The van der Waals surface area contributed by atoms with E-state index in [1.54, 1.807) is 0 Å². The van der Waals surface area contributed by atoms with Gasteiger partial charge < -0.3 is 10.2 Å². The second-order valence-electron chi connectivity index (χ2n) is 7.24. The first kappa shape index (κ1) is 25.8. The van der Waals surface area contributed by atoms with Crippen LogP contribution in [-0.4, -0.2) is 24.0 Å². The summed E-state index contributed by atoms with van der Waals surface area (Å²) in [5.41, 5.74) is -3.84. The number of alkyl halides is 6. The van der Waals surface area contributed by atoms with E-state index in [0.29, 0.717) is 0 Å². The van der Waals surface area contributed by atoms with Gasteiger partial charge in [0.2, 0.25) is 5.91 Å². The van der Waals surface area contributed by atoms with Gasteiger partial charge in [-0.25, -0.2) is 4.39 Å². The van der Waals surface area contributed by atoms with Gasteiger partial charge >= 0.3 is 12.4 Å². The summed E-state index contributed by atoms with van der Waals surface area (Å²) in [4.78, 5) is 16.2. The fraction of sp³-hybridized carbons (Fsp3) is 0.238.